The van der Waals surface area contributed by atoms with Crippen LogP contribution < -0.4 is 15.6 Å². The van der Waals surface area contributed by atoms with Gasteiger partial charge in [-0.2, -0.15) is 18.3 Å². The first-order valence-corrected chi connectivity index (χ1v) is 9.41. The van der Waals surface area contributed by atoms with Crippen molar-refractivity contribution in [3.8, 4) is 17.0 Å². The Labute approximate surface area is 183 Å². The number of aromatic nitrogens is 4. The van der Waals surface area contributed by atoms with Gasteiger partial charge in [-0.3, -0.25) is 19.7 Å². The van der Waals surface area contributed by atoms with Crippen LogP contribution in [0.5, 0.6) is 5.75 Å². The fraction of sp³-hybridized carbons (Fsp3) is 0.263. The number of aromatic amines is 2. The second-order valence-corrected chi connectivity index (χ2v) is 7.17. The number of H-pyrrole nitrogens is 2. The lowest BCUT2D eigenvalue weighted by atomic mass is 10.1. The number of anilines is 1. The van der Waals surface area contributed by atoms with Gasteiger partial charge >= 0.3 is 6.18 Å². The number of nitrogens with one attached hydrogen (secondary N) is 3. The lowest BCUT2D eigenvalue weighted by molar-refractivity contribution is -0.189. The van der Waals surface area contributed by atoms with Crippen molar-refractivity contribution in [2.75, 3.05) is 5.32 Å². The predicted molar refractivity (Wildman–Crippen MR) is 107 cm³/mol. The maximum absolute atomic E-state index is 14.9. The van der Waals surface area contributed by atoms with Crippen molar-refractivity contribution in [1.82, 2.24) is 20.2 Å². The Kier molecular flexibility index (Phi) is 6.26. The first-order chi connectivity index (χ1) is 14.9. The van der Waals surface area contributed by atoms with Crippen molar-refractivity contribution >= 4 is 23.2 Å². The van der Waals surface area contributed by atoms with Gasteiger partial charge in [0.05, 0.1) is 23.1 Å². The largest absolute Gasteiger partial charge is 0.480 e. The van der Waals surface area contributed by atoms with Crippen LogP contribution in [0.3, 0.4) is 0 Å². The molecule has 0 spiro atoms. The molecule has 3 N–H and O–H groups in total. The highest BCUT2D eigenvalue weighted by Crippen LogP contribution is 2.33. The molecule has 3 rings (SSSR count). The maximum Gasteiger partial charge on any atom is 0.425 e. The topological polar surface area (TPSA) is 113 Å². The first-order valence-electron chi connectivity index (χ1n) is 9.03. The summed E-state index contributed by atoms with van der Waals surface area (Å²) in [6, 6.07) is 1.59. The van der Waals surface area contributed by atoms with E-state index in [9.17, 15) is 27.2 Å². The summed E-state index contributed by atoms with van der Waals surface area (Å²) >= 11 is 5.87. The molecule has 0 radical (unpaired) electrons. The quantitative estimate of drug-likeness (QED) is 0.482. The van der Waals surface area contributed by atoms with Crippen LogP contribution in [-0.4, -0.2) is 38.4 Å². The number of aryl methyl sites for hydroxylation is 2. The standard InChI is InChI=1S/C19H16ClF4N5O3/c1-7-15(16(20)29-28-7)27-18(31)11-4-12(21)10(13-6-25-8(2)17(30)26-13)5-14(11)32-9(3)19(22,23)24/h4-6,9H,1-3H3,(H,26,30)(H,27,31)(H,28,29)/t9-/m0/s1. The van der Waals surface area contributed by atoms with Gasteiger partial charge < -0.3 is 15.0 Å². The average molecular weight is 474 g/mol. The third kappa shape index (κ3) is 4.74. The number of carbonyl (C=O) groups is 1. The summed E-state index contributed by atoms with van der Waals surface area (Å²) in [4.78, 5) is 30.8. The van der Waals surface area contributed by atoms with Gasteiger partial charge in [0.25, 0.3) is 11.5 Å². The van der Waals surface area contributed by atoms with Crippen molar-refractivity contribution in [2.24, 2.45) is 0 Å². The molecule has 2 heterocycles. The monoisotopic (exact) mass is 473 g/mol. The Balaban J connectivity index is 2.10. The van der Waals surface area contributed by atoms with Crippen molar-refractivity contribution in [3.05, 3.63) is 56.6 Å². The number of alkyl halides is 3. The van der Waals surface area contributed by atoms with E-state index in [4.69, 9.17) is 16.3 Å². The zero-order valence-corrected chi connectivity index (χ0v) is 17.6. The van der Waals surface area contributed by atoms with E-state index in [0.29, 0.717) is 11.8 Å². The molecule has 1 aromatic carbocycles. The third-order valence-electron chi connectivity index (χ3n) is 4.47. The average Bonchev–Trinajstić information content (AvgIpc) is 3.02. The van der Waals surface area contributed by atoms with Gasteiger partial charge in [0.1, 0.15) is 22.9 Å². The summed E-state index contributed by atoms with van der Waals surface area (Å²) in [5.41, 5.74) is -1.00. The van der Waals surface area contributed by atoms with Crippen LogP contribution in [0.2, 0.25) is 5.15 Å². The molecule has 1 atom stereocenters. The Hall–Kier alpha value is -3.41. The van der Waals surface area contributed by atoms with E-state index < -0.39 is 40.9 Å². The van der Waals surface area contributed by atoms with Crippen LogP contribution in [0.1, 0.15) is 28.7 Å². The number of nitrogens with zero attached hydrogens (tertiary/aromatic N) is 2. The van der Waals surface area contributed by atoms with Gasteiger partial charge in [-0.15, -0.1) is 0 Å². The summed E-state index contributed by atoms with van der Waals surface area (Å²) in [5.74, 6) is -2.55. The van der Waals surface area contributed by atoms with Gasteiger partial charge in [0, 0.05) is 5.56 Å². The molecule has 170 valence electrons. The molecule has 0 unspecified atom stereocenters. The van der Waals surface area contributed by atoms with Crippen molar-refractivity contribution < 1.29 is 27.1 Å². The Morgan fingerprint density at radius 1 is 1.28 bits per heavy atom. The second kappa shape index (κ2) is 8.61. The SMILES string of the molecule is Cc1[nH]nc(Cl)c1NC(=O)c1cc(F)c(-c2cnc(C)c(=O)[nH]2)cc1O[C@@H](C)C(F)(F)F. The summed E-state index contributed by atoms with van der Waals surface area (Å²) in [5, 5.41) is 8.48. The van der Waals surface area contributed by atoms with Gasteiger partial charge in [-0.05, 0) is 32.9 Å². The van der Waals surface area contributed by atoms with Gasteiger partial charge in [0.15, 0.2) is 11.3 Å². The highest BCUT2D eigenvalue weighted by atomic mass is 35.5. The summed E-state index contributed by atoms with van der Waals surface area (Å²) in [6.07, 6.45) is -5.94. The molecule has 0 aliphatic rings. The van der Waals surface area contributed by atoms with Crippen LogP contribution in [-0.2, 0) is 0 Å². The van der Waals surface area contributed by atoms with Gasteiger partial charge in [-0.25, -0.2) is 4.39 Å². The molecule has 3 aromatic rings. The van der Waals surface area contributed by atoms with E-state index >= 15 is 0 Å². The van der Waals surface area contributed by atoms with Crippen molar-refractivity contribution in [1.29, 1.82) is 0 Å². The molecule has 32 heavy (non-hydrogen) atoms. The molecule has 2 aromatic heterocycles. The zero-order chi connectivity index (χ0) is 23.8. The van der Waals surface area contributed by atoms with E-state index in [1.54, 1.807) is 6.92 Å². The van der Waals surface area contributed by atoms with Gasteiger partial charge in [-0.1, -0.05) is 11.6 Å². The number of ether oxygens (including phenoxy) is 1. The minimum Gasteiger partial charge on any atom is -0.480 e. The summed E-state index contributed by atoms with van der Waals surface area (Å²) < 4.78 is 59.1. The van der Waals surface area contributed by atoms with E-state index in [2.05, 4.69) is 25.5 Å². The van der Waals surface area contributed by atoms with E-state index in [1.807, 2.05) is 0 Å². The molecule has 0 aliphatic heterocycles. The van der Waals surface area contributed by atoms with Crippen LogP contribution in [0.4, 0.5) is 23.2 Å². The molecular weight excluding hydrogens is 458 g/mol. The lowest BCUT2D eigenvalue weighted by Crippen LogP contribution is -2.32. The highest BCUT2D eigenvalue weighted by molar-refractivity contribution is 6.33. The minimum absolute atomic E-state index is 0.0723. The fourth-order valence-electron chi connectivity index (χ4n) is 2.62. The second-order valence-electron chi connectivity index (χ2n) is 6.81. The van der Waals surface area contributed by atoms with Crippen LogP contribution in [0.15, 0.2) is 23.1 Å². The Bertz CT molecular complexity index is 1220. The number of hydrogen-bond acceptors (Lipinski definition) is 5. The summed E-state index contributed by atoms with van der Waals surface area (Å²) in [7, 11) is 0. The van der Waals surface area contributed by atoms with E-state index in [1.165, 1.54) is 6.92 Å². The van der Waals surface area contributed by atoms with E-state index in [-0.39, 0.29) is 27.8 Å². The lowest BCUT2D eigenvalue weighted by Gasteiger charge is -2.20. The zero-order valence-electron chi connectivity index (χ0n) is 16.8. The van der Waals surface area contributed by atoms with Crippen molar-refractivity contribution in [3.63, 3.8) is 0 Å². The van der Waals surface area contributed by atoms with Crippen molar-refractivity contribution in [2.45, 2.75) is 33.1 Å². The van der Waals surface area contributed by atoms with Crippen LogP contribution in [0, 0.1) is 19.7 Å². The highest BCUT2D eigenvalue weighted by Gasteiger charge is 2.39. The molecule has 8 nitrogen and oxygen atoms in total. The smallest absolute Gasteiger partial charge is 0.425 e. The molecule has 0 saturated carbocycles. The summed E-state index contributed by atoms with van der Waals surface area (Å²) in [6.45, 7) is 3.70. The Morgan fingerprint density at radius 2 is 1.97 bits per heavy atom. The van der Waals surface area contributed by atoms with Crippen LogP contribution in [0.25, 0.3) is 11.3 Å². The van der Waals surface area contributed by atoms with Crippen LogP contribution >= 0.6 is 11.6 Å². The number of amides is 1. The molecule has 1 amide bonds. The number of halogens is 5. The molecule has 13 heteroatoms. The number of benzene rings is 1. The normalized spacial score (nSPS) is 12.5. The molecule has 0 aliphatic carbocycles. The van der Waals surface area contributed by atoms with E-state index in [0.717, 1.165) is 19.2 Å². The number of carbonyl (C=O) groups excluding carboxylic acids is 1. The first kappa shape index (κ1) is 23.3. The maximum atomic E-state index is 14.9. The molecule has 0 fully saturated rings. The molecular formula is C19H16ClF4N5O3. The molecule has 0 bridgehead atoms. The number of rotatable bonds is 5. The molecule has 0 saturated heterocycles. The number of hydrogen-bond donors (Lipinski definition) is 3. The Morgan fingerprint density at radius 3 is 2.53 bits per heavy atom. The predicted octanol–water partition coefficient (Wildman–Crippen LogP) is 4.15. The minimum atomic E-state index is -4.76. The van der Waals surface area contributed by atoms with Gasteiger partial charge in [0.2, 0.25) is 0 Å². The third-order valence-corrected chi connectivity index (χ3v) is 4.75. The fourth-order valence-corrected chi connectivity index (χ4v) is 2.85.